The van der Waals surface area contributed by atoms with Gasteiger partial charge in [-0.15, -0.1) is 0 Å². The molecule has 184 valence electrons. The third-order valence-electron chi connectivity index (χ3n) is 6.10. The summed E-state index contributed by atoms with van der Waals surface area (Å²) >= 11 is 12.0. The van der Waals surface area contributed by atoms with Crippen LogP contribution in [0.15, 0.2) is 60.7 Å². The number of benzene rings is 3. The van der Waals surface area contributed by atoms with Gasteiger partial charge in [0.2, 0.25) is 5.91 Å². The zero-order valence-corrected chi connectivity index (χ0v) is 20.3. The molecule has 1 saturated heterocycles. The molecule has 2 aliphatic rings. The van der Waals surface area contributed by atoms with E-state index in [-0.39, 0.29) is 23.5 Å². The number of carbonyl (C=O) groups excluding carboxylic acids is 2. The minimum absolute atomic E-state index is 0.0714. The third-order valence-corrected chi connectivity index (χ3v) is 8.73. The van der Waals surface area contributed by atoms with Crippen LogP contribution in [0.25, 0.3) is 0 Å². The van der Waals surface area contributed by atoms with Gasteiger partial charge in [0.05, 0.1) is 22.2 Å². The van der Waals surface area contributed by atoms with Crippen LogP contribution in [0.1, 0.15) is 11.1 Å². The van der Waals surface area contributed by atoms with Crippen molar-refractivity contribution in [1.82, 2.24) is 0 Å². The zero-order chi connectivity index (χ0) is 26.0. The Morgan fingerprint density at radius 3 is 2.47 bits per heavy atom. The van der Waals surface area contributed by atoms with E-state index in [2.05, 4.69) is 0 Å². The smallest absolute Gasteiger partial charge is 0.274 e. The first-order valence-corrected chi connectivity index (χ1v) is 12.7. The summed E-state index contributed by atoms with van der Waals surface area (Å²) in [5.74, 6) is -3.83. The molecule has 13 heteroatoms. The van der Waals surface area contributed by atoms with Gasteiger partial charge < -0.3 is 4.90 Å². The van der Waals surface area contributed by atoms with Gasteiger partial charge in [-0.3, -0.25) is 24.6 Å². The highest BCUT2D eigenvalue weighted by atomic mass is 35.5. The molecule has 9 nitrogen and oxygen atoms in total. The number of fused-ring (bicyclic) bond motifs is 2. The molecule has 1 spiro atoms. The number of hydrogen-bond donors (Lipinski definition) is 0. The second kappa shape index (κ2) is 8.26. The molecule has 1 fully saturated rings. The van der Waals surface area contributed by atoms with Gasteiger partial charge in [-0.2, -0.15) is 0 Å². The Morgan fingerprint density at radius 1 is 1.06 bits per heavy atom. The number of carbonyl (C=O) groups is 2. The van der Waals surface area contributed by atoms with Crippen molar-refractivity contribution in [2.24, 2.45) is 0 Å². The average molecular weight is 550 g/mol. The molecule has 36 heavy (non-hydrogen) atoms. The number of amides is 2. The molecule has 5 rings (SSSR count). The monoisotopic (exact) mass is 549 g/mol. The first kappa shape index (κ1) is 24.2. The van der Waals surface area contributed by atoms with Crippen molar-refractivity contribution in [3.63, 3.8) is 0 Å². The zero-order valence-electron chi connectivity index (χ0n) is 18.0. The van der Waals surface area contributed by atoms with Crippen molar-refractivity contribution in [2.75, 3.05) is 15.6 Å². The van der Waals surface area contributed by atoms with E-state index >= 15 is 0 Å². The number of anilines is 2. The van der Waals surface area contributed by atoms with Crippen molar-refractivity contribution >= 4 is 61.9 Å². The summed E-state index contributed by atoms with van der Waals surface area (Å²) in [4.78, 5) is 37.3. The third kappa shape index (κ3) is 3.38. The Balaban J connectivity index is 1.80. The average Bonchev–Trinajstić information content (AvgIpc) is 3.18. The Labute approximate surface area is 213 Å². The van der Waals surface area contributed by atoms with E-state index in [4.69, 9.17) is 23.2 Å². The van der Waals surface area contributed by atoms with Gasteiger partial charge in [0.15, 0.2) is 9.84 Å². The predicted octanol–water partition coefficient (Wildman–Crippen LogP) is 4.20. The van der Waals surface area contributed by atoms with Crippen molar-refractivity contribution in [3.8, 4) is 0 Å². The predicted molar refractivity (Wildman–Crippen MR) is 130 cm³/mol. The normalized spacial score (nSPS) is 20.3. The molecule has 0 aromatic heterocycles. The van der Waals surface area contributed by atoms with E-state index in [1.165, 1.54) is 6.07 Å². The highest BCUT2D eigenvalue weighted by molar-refractivity contribution is 7.94. The van der Waals surface area contributed by atoms with Crippen LogP contribution in [0.3, 0.4) is 0 Å². The number of non-ortho nitro benzene ring substituents is 1. The standard InChI is InChI=1S/C23H14Cl2FN3O6S/c24-14-3-1-2-13(8-14)11-27-20-7-5-16(29(32)33)9-17(20)23(22(27)31)28(21(30)12-36(23,34)35)15-4-6-19(26)18(25)10-15/h1-10H,11-12H2/t23-/m1/s1. The highest BCUT2D eigenvalue weighted by Gasteiger charge is 2.70. The molecule has 2 aliphatic heterocycles. The lowest BCUT2D eigenvalue weighted by Gasteiger charge is -2.32. The number of nitrogens with zero attached hydrogens (tertiary/aromatic N) is 3. The van der Waals surface area contributed by atoms with Crippen LogP contribution in [0, 0.1) is 15.9 Å². The molecule has 0 unspecified atom stereocenters. The van der Waals surface area contributed by atoms with Gasteiger partial charge in [-0.05, 0) is 42.0 Å². The molecule has 2 amide bonds. The Hall–Kier alpha value is -3.54. The molecule has 0 N–H and O–H groups in total. The van der Waals surface area contributed by atoms with Crippen LogP contribution in [0.5, 0.6) is 0 Å². The van der Waals surface area contributed by atoms with Gasteiger partial charge in [-0.1, -0.05) is 35.3 Å². The Bertz CT molecular complexity index is 1600. The highest BCUT2D eigenvalue weighted by Crippen LogP contribution is 2.54. The fourth-order valence-electron chi connectivity index (χ4n) is 4.64. The number of nitro groups is 1. The van der Waals surface area contributed by atoms with Crippen LogP contribution >= 0.6 is 23.2 Å². The van der Waals surface area contributed by atoms with Crippen molar-refractivity contribution in [3.05, 3.63) is 97.8 Å². The maximum absolute atomic E-state index is 14.1. The molecule has 3 aromatic rings. The van der Waals surface area contributed by atoms with Gasteiger partial charge >= 0.3 is 0 Å². The molecule has 0 bridgehead atoms. The second-order valence-corrected chi connectivity index (χ2v) is 11.2. The largest absolute Gasteiger partial charge is 0.304 e. The first-order chi connectivity index (χ1) is 17.0. The quantitative estimate of drug-likeness (QED) is 0.355. The lowest BCUT2D eigenvalue weighted by Crippen LogP contribution is -2.54. The summed E-state index contributed by atoms with van der Waals surface area (Å²) in [5, 5.41) is 11.5. The van der Waals surface area contributed by atoms with E-state index in [0.29, 0.717) is 10.6 Å². The van der Waals surface area contributed by atoms with Crippen molar-refractivity contribution in [2.45, 2.75) is 11.4 Å². The maximum Gasteiger partial charge on any atom is 0.274 e. The molecule has 0 aliphatic carbocycles. The molecular weight excluding hydrogens is 536 g/mol. The molecule has 1 atom stereocenters. The molecule has 0 radical (unpaired) electrons. The second-order valence-electron chi connectivity index (χ2n) is 8.21. The maximum atomic E-state index is 14.1. The van der Waals surface area contributed by atoms with Gasteiger partial charge in [0.1, 0.15) is 11.6 Å². The Kier molecular flexibility index (Phi) is 5.54. The summed E-state index contributed by atoms with van der Waals surface area (Å²) in [6, 6.07) is 13.0. The summed E-state index contributed by atoms with van der Waals surface area (Å²) in [6.45, 7) is -0.131. The fraction of sp³-hybridized carbons (Fsp3) is 0.130. The summed E-state index contributed by atoms with van der Waals surface area (Å²) in [6.07, 6.45) is 0. The van der Waals surface area contributed by atoms with Gasteiger partial charge in [-0.25, -0.2) is 12.8 Å². The number of sulfone groups is 1. The van der Waals surface area contributed by atoms with Crippen LogP contribution in [0.2, 0.25) is 10.0 Å². The summed E-state index contributed by atoms with van der Waals surface area (Å²) in [7, 11) is -4.59. The first-order valence-electron chi connectivity index (χ1n) is 10.3. The van der Waals surface area contributed by atoms with Crippen LogP contribution in [-0.4, -0.2) is 30.9 Å². The van der Waals surface area contributed by atoms with E-state index in [9.17, 15) is 32.5 Å². The molecule has 0 saturated carbocycles. The fourth-order valence-corrected chi connectivity index (χ4v) is 7.05. The Morgan fingerprint density at radius 2 is 1.81 bits per heavy atom. The molecule has 3 aromatic carbocycles. The van der Waals surface area contributed by atoms with E-state index in [1.807, 2.05) is 0 Å². The lowest BCUT2D eigenvalue weighted by molar-refractivity contribution is -0.384. The van der Waals surface area contributed by atoms with Gasteiger partial charge in [0, 0.05) is 28.4 Å². The molecular formula is C23H14Cl2FN3O6S. The topological polar surface area (TPSA) is 118 Å². The van der Waals surface area contributed by atoms with Crippen molar-refractivity contribution in [1.29, 1.82) is 0 Å². The number of halogens is 3. The summed E-state index contributed by atoms with van der Waals surface area (Å²) in [5.41, 5.74) is -0.257. The van der Waals surface area contributed by atoms with Crippen LogP contribution in [0.4, 0.5) is 21.5 Å². The van der Waals surface area contributed by atoms with Crippen molar-refractivity contribution < 1.29 is 27.3 Å². The summed E-state index contributed by atoms with van der Waals surface area (Å²) < 4.78 is 41.1. The van der Waals surface area contributed by atoms with Crippen LogP contribution in [-0.2, 0) is 30.8 Å². The van der Waals surface area contributed by atoms with Gasteiger partial charge in [0.25, 0.3) is 16.5 Å². The molecule has 2 heterocycles. The lowest BCUT2D eigenvalue weighted by atomic mass is 10.0. The number of nitro benzene ring substituents is 1. The minimum atomic E-state index is -4.59. The number of rotatable bonds is 4. The number of hydrogen-bond acceptors (Lipinski definition) is 6. The van der Waals surface area contributed by atoms with E-state index < -0.39 is 53.7 Å². The minimum Gasteiger partial charge on any atom is -0.304 e. The SMILES string of the molecule is O=C1CS(=O)(=O)[C@]2(C(=O)N(Cc3cccc(Cl)c3)c3ccc([N+](=O)[O-])cc32)N1c1ccc(F)c(Cl)c1. The van der Waals surface area contributed by atoms with E-state index in [1.54, 1.807) is 24.3 Å². The van der Waals surface area contributed by atoms with E-state index in [0.717, 1.165) is 40.1 Å². The van der Waals surface area contributed by atoms with Crippen LogP contribution < -0.4 is 9.80 Å².